The summed E-state index contributed by atoms with van der Waals surface area (Å²) in [5.41, 5.74) is 3.13. The number of oxazole rings is 1. The summed E-state index contributed by atoms with van der Waals surface area (Å²) in [6.07, 6.45) is 9.93. The second-order valence-corrected chi connectivity index (χ2v) is 6.22. The van der Waals surface area contributed by atoms with Crippen molar-refractivity contribution in [1.82, 2.24) is 0 Å². The van der Waals surface area contributed by atoms with Crippen LogP contribution in [-0.2, 0) is 6.54 Å². The number of halogens is 1. The molecule has 5 heteroatoms. The molecule has 144 valence electrons. The molecule has 0 saturated heterocycles. The lowest BCUT2D eigenvalue weighted by Crippen LogP contribution is -3.00. The van der Waals surface area contributed by atoms with Crippen molar-refractivity contribution >= 4 is 22.9 Å². The van der Waals surface area contributed by atoms with Gasteiger partial charge in [0.15, 0.2) is 5.75 Å². The Morgan fingerprint density at radius 2 is 1.75 bits per heavy atom. The predicted octanol–water partition coefficient (Wildman–Crippen LogP) is 2.07. The average molecular weight is 486 g/mol. The maximum atomic E-state index is 5.94. The first kappa shape index (κ1) is 20.2. The summed E-state index contributed by atoms with van der Waals surface area (Å²) in [5.74, 6) is 2.59. The smallest absolute Gasteiger partial charge is 0.374 e. The lowest BCUT2D eigenvalue weighted by molar-refractivity contribution is -0.674. The molecule has 0 amide bonds. The maximum absolute atomic E-state index is 5.94. The van der Waals surface area contributed by atoms with Gasteiger partial charge < -0.3 is 38.0 Å². The third kappa shape index (κ3) is 3.85. The lowest BCUT2D eigenvalue weighted by Gasteiger charge is -2.14. The predicted molar refractivity (Wildman–Crippen MR) is 108 cm³/mol. The van der Waals surface area contributed by atoms with Crippen molar-refractivity contribution in [2.75, 3.05) is 11.4 Å². The first-order valence-electron chi connectivity index (χ1n) is 9.32. The Labute approximate surface area is 182 Å². The van der Waals surface area contributed by atoms with E-state index in [-0.39, 0.29) is 24.0 Å². The van der Waals surface area contributed by atoms with E-state index >= 15 is 0 Å². The molecule has 0 saturated carbocycles. The molecule has 0 unspecified atom stereocenters. The zero-order chi connectivity index (χ0) is 18.6. The highest BCUT2D eigenvalue weighted by Crippen LogP contribution is 2.38. The van der Waals surface area contributed by atoms with E-state index in [9.17, 15) is 0 Å². The SMILES string of the molecule is CCN1/C(=C/C=C/C=Cc2oc3ccccc3[n+]2CC)Oc2ccccc21.[I-]. The van der Waals surface area contributed by atoms with Crippen LogP contribution in [0.25, 0.3) is 17.2 Å². The molecule has 0 fully saturated rings. The normalized spacial score (nSPS) is 14.8. The van der Waals surface area contributed by atoms with E-state index in [0.29, 0.717) is 0 Å². The third-order valence-electron chi connectivity index (χ3n) is 4.61. The van der Waals surface area contributed by atoms with Crippen LogP contribution >= 0.6 is 0 Å². The molecule has 0 N–H and O–H groups in total. The second-order valence-electron chi connectivity index (χ2n) is 6.22. The van der Waals surface area contributed by atoms with E-state index in [0.717, 1.165) is 47.4 Å². The number of nitrogens with zero attached hydrogens (tertiary/aromatic N) is 2. The van der Waals surface area contributed by atoms with E-state index < -0.39 is 0 Å². The molecular formula is C23H23IN2O2. The molecule has 0 aliphatic carbocycles. The van der Waals surface area contributed by atoms with Gasteiger partial charge in [-0.3, -0.25) is 0 Å². The second kappa shape index (κ2) is 9.10. The topological polar surface area (TPSA) is 29.5 Å². The van der Waals surface area contributed by atoms with Crippen molar-refractivity contribution in [3.63, 3.8) is 0 Å². The number of para-hydroxylation sites is 4. The van der Waals surface area contributed by atoms with Crippen LogP contribution in [0.3, 0.4) is 0 Å². The van der Waals surface area contributed by atoms with Gasteiger partial charge in [0.05, 0.1) is 11.8 Å². The zero-order valence-corrected chi connectivity index (χ0v) is 18.2. The monoisotopic (exact) mass is 486 g/mol. The molecule has 4 nitrogen and oxygen atoms in total. The van der Waals surface area contributed by atoms with Crippen molar-refractivity contribution in [3.8, 4) is 5.75 Å². The number of hydrogen-bond donors (Lipinski definition) is 0. The largest absolute Gasteiger partial charge is 1.00 e. The molecule has 2 aromatic carbocycles. The minimum Gasteiger partial charge on any atom is -1.00 e. The third-order valence-corrected chi connectivity index (χ3v) is 4.61. The van der Waals surface area contributed by atoms with Crippen LogP contribution < -0.4 is 38.2 Å². The van der Waals surface area contributed by atoms with E-state index in [1.54, 1.807) is 0 Å². The molecule has 4 rings (SSSR count). The molecule has 1 aromatic heterocycles. The summed E-state index contributed by atoms with van der Waals surface area (Å²) < 4.78 is 14.0. The van der Waals surface area contributed by atoms with Crippen LogP contribution in [0.2, 0.25) is 0 Å². The average Bonchev–Trinajstić information content (AvgIpc) is 3.24. The molecule has 0 bridgehead atoms. The molecular weight excluding hydrogens is 463 g/mol. The fraction of sp³-hybridized carbons (Fsp3) is 0.174. The van der Waals surface area contributed by atoms with Crippen molar-refractivity contribution in [2.45, 2.75) is 20.4 Å². The summed E-state index contributed by atoms with van der Waals surface area (Å²) in [6.45, 7) is 5.96. The highest BCUT2D eigenvalue weighted by Gasteiger charge is 2.23. The number of fused-ring (bicyclic) bond motifs is 2. The summed E-state index contributed by atoms with van der Waals surface area (Å²) >= 11 is 0. The fourth-order valence-electron chi connectivity index (χ4n) is 3.35. The van der Waals surface area contributed by atoms with Crippen molar-refractivity contribution in [2.24, 2.45) is 0 Å². The molecule has 0 radical (unpaired) electrons. The number of allylic oxidation sites excluding steroid dienone is 4. The van der Waals surface area contributed by atoms with Gasteiger partial charge in [0, 0.05) is 12.6 Å². The molecule has 28 heavy (non-hydrogen) atoms. The van der Waals surface area contributed by atoms with Crippen LogP contribution in [-0.4, -0.2) is 6.54 Å². The number of ether oxygens (including phenoxy) is 1. The summed E-state index contributed by atoms with van der Waals surface area (Å²) in [6, 6.07) is 16.2. The Kier molecular flexibility index (Phi) is 6.57. The Morgan fingerprint density at radius 1 is 0.964 bits per heavy atom. The maximum Gasteiger partial charge on any atom is 0.374 e. The molecule has 1 aliphatic heterocycles. The van der Waals surface area contributed by atoms with Crippen molar-refractivity contribution in [3.05, 3.63) is 84.6 Å². The highest BCUT2D eigenvalue weighted by molar-refractivity contribution is 5.69. The Bertz CT molecular complexity index is 1050. The Morgan fingerprint density at radius 3 is 2.57 bits per heavy atom. The number of rotatable bonds is 5. The first-order chi connectivity index (χ1) is 13.3. The van der Waals surface area contributed by atoms with Gasteiger partial charge in [0.2, 0.25) is 11.5 Å². The first-order valence-corrected chi connectivity index (χ1v) is 9.32. The van der Waals surface area contributed by atoms with Crippen LogP contribution in [0.1, 0.15) is 19.7 Å². The van der Waals surface area contributed by atoms with Gasteiger partial charge in [-0.05, 0) is 38.1 Å². The van der Waals surface area contributed by atoms with Crippen LogP contribution in [0.4, 0.5) is 5.69 Å². The zero-order valence-electron chi connectivity index (χ0n) is 16.0. The molecule has 3 aromatic rings. The number of anilines is 1. The summed E-state index contributed by atoms with van der Waals surface area (Å²) in [5, 5.41) is 0. The Balaban J connectivity index is 0.00000225. The van der Waals surface area contributed by atoms with Gasteiger partial charge in [-0.25, -0.2) is 0 Å². The van der Waals surface area contributed by atoms with Gasteiger partial charge in [-0.15, -0.1) is 0 Å². The quantitative estimate of drug-likeness (QED) is 0.314. The Hall–Kier alpha value is -2.54. The van der Waals surface area contributed by atoms with Crippen LogP contribution in [0.15, 0.2) is 83.1 Å². The van der Waals surface area contributed by atoms with Crippen LogP contribution in [0, 0.1) is 0 Å². The van der Waals surface area contributed by atoms with E-state index in [4.69, 9.17) is 9.15 Å². The standard InChI is InChI=1S/C23H23N2O2.HI/c1-3-24-18-12-8-10-14-20(18)26-22(24)16-6-5-7-17-23-25(4-2)19-13-9-11-15-21(19)27-23;/h5-17H,3-4H2,1-2H3;1H/q+1;/p-1. The molecule has 0 atom stereocenters. The number of aromatic nitrogens is 1. The van der Waals surface area contributed by atoms with Crippen molar-refractivity contribution < 1.29 is 37.7 Å². The van der Waals surface area contributed by atoms with Gasteiger partial charge >= 0.3 is 5.89 Å². The van der Waals surface area contributed by atoms with Gasteiger partial charge in [-0.1, -0.05) is 42.5 Å². The molecule has 1 aliphatic rings. The molecule has 0 spiro atoms. The molecule has 2 heterocycles. The fourth-order valence-corrected chi connectivity index (χ4v) is 3.35. The summed E-state index contributed by atoms with van der Waals surface area (Å²) in [7, 11) is 0. The lowest BCUT2D eigenvalue weighted by atomic mass is 10.3. The van der Waals surface area contributed by atoms with Gasteiger partial charge in [0.25, 0.3) is 5.52 Å². The number of benzene rings is 2. The number of hydrogen-bond acceptors (Lipinski definition) is 3. The van der Waals surface area contributed by atoms with Crippen LogP contribution in [0.5, 0.6) is 5.75 Å². The minimum atomic E-state index is 0. The van der Waals surface area contributed by atoms with E-state index in [1.807, 2.05) is 66.8 Å². The van der Waals surface area contributed by atoms with E-state index in [1.165, 1.54) is 0 Å². The number of aryl methyl sites for hydroxylation is 1. The minimum absolute atomic E-state index is 0. The highest BCUT2D eigenvalue weighted by atomic mass is 127. The summed E-state index contributed by atoms with van der Waals surface area (Å²) in [4.78, 5) is 2.16. The van der Waals surface area contributed by atoms with Crippen molar-refractivity contribution in [1.29, 1.82) is 0 Å². The van der Waals surface area contributed by atoms with Gasteiger partial charge in [-0.2, -0.15) is 4.57 Å². The van der Waals surface area contributed by atoms with E-state index in [2.05, 4.69) is 35.4 Å². The van der Waals surface area contributed by atoms with Gasteiger partial charge in [0.1, 0.15) is 6.54 Å².